The van der Waals surface area contributed by atoms with Gasteiger partial charge in [0.15, 0.2) is 0 Å². The fraction of sp³-hybridized carbons (Fsp3) is 0.478. The van der Waals surface area contributed by atoms with Gasteiger partial charge in [0.2, 0.25) is 0 Å². The molecule has 132 valence electrons. The summed E-state index contributed by atoms with van der Waals surface area (Å²) >= 11 is 0. The van der Waals surface area contributed by atoms with Crippen molar-refractivity contribution in [1.29, 1.82) is 0 Å². The zero-order valence-corrected chi connectivity index (χ0v) is 15.2. The number of nitrogens with zero attached hydrogens (tertiary/aromatic N) is 1. The summed E-state index contributed by atoms with van der Waals surface area (Å²) in [4.78, 5) is 2.56. The van der Waals surface area contributed by atoms with Crippen LogP contribution >= 0.6 is 0 Å². The van der Waals surface area contributed by atoms with Gasteiger partial charge in [0.1, 0.15) is 0 Å². The van der Waals surface area contributed by atoms with Gasteiger partial charge in [0, 0.05) is 12.5 Å². The van der Waals surface area contributed by atoms with Crippen molar-refractivity contribution in [1.82, 2.24) is 4.90 Å². The van der Waals surface area contributed by atoms with Crippen LogP contribution in [0, 0.1) is 0 Å². The second-order valence-corrected chi connectivity index (χ2v) is 7.67. The Hall–Kier alpha value is -1.64. The van der Waals surface area contributed by atoms with Gasteiger partial charge in [-0.1, -0.05) is 55.5 Å². The van der Waals surface area contributed by atoms with E-state index in [0.717, 1.165) is 32.4 Å². The number of benzene rings is 2. The lowest BCUT2D eigenvalue weighted by Crippen LogP contribution is -2.51. The van der Waals surface area contributed by atoms with E-state index in [0.29, 0.717) is 5.92 Å². The first kappa shape index (κ1) is 16.8. The molecule has 1 heterocycles. The maximum Gasteiger partial charge on any atom is 0.0738 e. The number of piperidine rings is 1. The van der Waals surface area contributed by atoms with Crippen molar-refractivity contribution in [3.8, 4) is 0 Å². The van der Waals surface area contributed by atoms with Gasteiger partial charge in [0.05, 0.1) is 6.10 Å². The summed E-state index contributed by atoms with van der Waals surface area (Å²) < 4.78 is 0. The SMILES string of the molecule is CCc1cccc2c1CC(N1CCC(c3ccccc3)CC1)C(O)C2. The first-order chi connectivity index (χ1) is 12.3. The van der Waals surface area contributed by atoms with Crippen LogP contribution in [-0.4, -0.2) is 35.2 Å². The number of aliphatic hydroxyl groups excluding tert-OH is 1. The van der Waals surface area contributed by atoms with Crippen LogP contribution in [-0.2, 0) is 19.3 Å². The highest BCUT2D eigenvalue weighted by Gasteiger charge is 2.34. The summed E-state index contributed by atoms with van der Waals surface area (Å²) in [6.45, 7) is 4.44. The highest BCUT2D eigenvalue weighted by molar-refractivity contribution is 5.39. The number of fused-ring (bicyclic) bond motifs is 1. The van der Waals surface area contributed by atoms with E-state index in [1.807, 2.05) is 0 Å². The average Bonchev–Trinajstić information content (AvgIpc) is 2.68. The van der Waals surface area contributed by atoms with Crippen LogP contribution in [0.1, 0.15) is 47.9 Å². The Kier molecular flexibility index (Phi) is 4.91. The molecule has 2 aromatic carbocycles. The molecule has 25 heavy (non-hydrogen) atoms. The van der Waals surface area contributed by atoms with E-state index >= 15 is 0 Å². The van der Waals surface area contributed by atoms with Gasteiger partial charge in [-0.2, -0.15) is 0 Å². The quantitative estimate of drug-likeness (QED) is 0.918. The van der Waals surface area contributed by atoms with Gasteiger partial charge in [-0.15, -0.1) is 0 Å². The lowest BCUT2D eigenvalue weighted by atomic mass is 9.81. The molecule has 0 aromatic heterocycles. The molecule has 1 N–H and O–H groups in total. The molecule has 2 aliphatic rings. The summed E-state index contributed by atoms with van der Waals surface area (Å²) in [6, 6.07) is 17.8. The van der Waals surface area contributed by atoms with Crippen LogP contribution in [0.2, 0.25) is 0 Å². The molecule has 1 fully saturated rings. The molecule has 0 saturated carbocycles. The monoisotopic (exact) mass is 335 g/mol. The number of rotatable bonds is 3. The number of hydrogen-bond acceptors (Lipinski definition) is 2. The first-order valence-corrected chi connectivity index (χ1v) is 9.83. The van der Waals surface area contributed by atoms with Crippen LogP contribution in [0.15, 0.2) is 48.5 Å². The number of aliphatic hydroxyl groups is 1. The zero-order valence-electron chi connectivity index (χ0n) is 15.2. The normalized spacial score (nSPS) is 24.9. The number of aryl methyl sites for hydroxylation is 1. The maximum absolute atomic E-state index is 10.8. The van der Waals surface area contributed by atoms with E-state index < -0.39 is 0 Å². The van der Waals surface area contributed by atoms with Gasteiger partial charge < -0.3 is 5.11 Å². The Morgan fingerprint density at radius 3 is 2.44 bits per heavy atom. The standard InChI is InChI=1S/C23H29NO/c1-2-17-9-6-10-20-15-23(25)22(16-21(17)20)24-13-11-19(12-14-24)18-7-4-3-5-8-18/h3-10,19,22-23,25H,2,11-16H2,1H3. The van der Waals surface area contributed by atoms with Crippen molar-refractivity contribution in [3.05, 3.63) is 70.8 Å². The molecule has 2 nitrogen and oxygen atoms in total. The second kappa shape index (κ2) is 7.31. The molecular weight excluding hydrogens is 306 g/mol. The molecule has 2 unspecified atom stereocenters. The molecule has 1 aliphatic carbocycles. The summed E-state index contributed by atoms with van der Waals surface area (Å²) in [5.74, 6) is 0.677. The van der Waals surface area contributed by atoms with Crippen molar-refractivity contribution in [2.45, 2.75) is 57.1 Å². The molecule has 4 rings (SSSR count). The molecule has 2 aromatic rings. The third-order valence-corrected chi connectivity index (χ3v) is 6.31. The second-order valence-electron chi connectivity index (χ2n) is 7.67. The van der Waals surface area contributed by atoms with Gasteiger partial charge in [-0.3, -0.25) is 4.90 Å². The van der Waals surface area contributed by atoms with Crippen LogP contribution in [0.25, 0.3) is 0 Å². The molecule has 1 aliphatic heterocycles. The van der Waals surface area contributed by atoms with Crippen molar-refractivity contribution in [2.24, 2.45) is 0 Å². The van der Waals surface area contributed by atoms with Crippen molar-refractivity contribution in [2.75, 3.05) is 13.1 Å². The van der Waals surface area contributed by atoms with Gasteiger partial charge in [-0.05, 0) is 66.9 Å². The average molecular weight is 335 g/mol. The zero-order chi connectivity index (χ0) is 17.2. The van der Waals surface area contributed by atoms with Gasteiger partial charge >= 0.3 is 0 Å². The van der Waals surface area contributed by atoms with E-state index in [-0.39, 0.29) is 12.1 Å². The highest BCUT2D eigenvalue weighted by Crippen LogP contribution is 2.33. The highest BCUT2D eigenvalue weighted by atomic mass is 16.3. The Labute approximate surface area is 151 Å². The fourth-order valence-corrected chi connectivity index (χ4v) is 4.84. The van der Waals surface area contributed by atoms with E-state index in [9.17, 15) is 5.11 Å². The summed E-state index contributed by atoms with van der Waals surface area (Å²) in [5.41, 5.74) is 5.81. The largest absolute Gasteiger partial charge is 0.391 e. The lowest BCUT2D eigenvalue weighted by Gasteiger charge is -2.42. The maximum atomic E-state index is 10.8. The molecular formula is C23H29NO. The molecule has 2 atom stereocenters. The third kappa shape index (κ3) is 3.38. The summed E-state index contributed by atoms with van der Waals surface area (Å²) in [5, 5.41) is 10.8. The number of hydrogen-bond donors (Lipinski definition) is 1. The van der Waals surface area contributed by atoms with E-state index in [1.165, 1.54) is 35.1 Å². The minimum atomic E-state index is -0.229. The molecule has 2 heteroatoms. The molecule has 0 spiro atoms. The topological polar surface area (TPSA) is 23.5 Å². The third-order valence-electron chi connectivity index (χ3n) is 6.31. The first-order valence-electron chi connectivity index (χ1n) is 9.83. The minimum Gasteiger partial charge on any atom is -0.391 e. The smallest absolute Gasteiger partial charge is 0.0738 e. The fourth-order valence-electron chi connectivity index (χ4n) is 4.84. The predicted octanol–water partition coefficient (Wildman–Crippen LogP) is 3.96. The van der Waals surface area contributed by atoms with Crippen molar-refractivity contribution < 1.29 is 5.11 Å². The molecule has 0 amide bonds. The van der Waals surface area contributed by atoms with Crippen molar-refractivity contribution in [3.63, 3.8) is 0 Å². The van der Waals surface area contributed by atoms with E-state index in [1.54, 1.807) is 0 Å². The Bertz CT molecular complexity index is 703. The summed E-state index contributed by atoms with van der Waals surface area (Å²) in [7, 11) is 0. The predicted molar refractivity (Wildman–Crippen MR) is 103 cm³/mol. The molecule has 1 saturated heterocycles. The van der Waals surface area contributed by atoms with Gasteiger partial charge in [0.25, 0.3) is 0 Å². The van der Waals surface area contributed by atoms with Crippen molar-refractivity contribution >= 4 is 0 Å². The molecule has 0 bridgehead atoms. The molecule has 0 radical (unpaired) electrons. The Morgan fingerprint density at radius 2 is 1.72 bits per heavy atom. The Balaban J connectivity index is 1.46. The van der Waals surface area contributed by atoms with Crippen LogP contribution < -0.4 is 0 Å². The lowest BCUT2D eigenvalue weighted by molar-refractivity contribution is 0.0293. The minimum absolute atomic E-state index is 0.229. The van der Waals surface area contributed by atoms with Crippen LogP contribution in [0.5, 0.6) is 0 Å². The number of likely N-dealkylation sites (tertiary alicyclic amines) is 1. The van der Waals surface area contributed by atoms with Crippen LogP contribution in [0.4, 0.5) is 0 Å². The Morgan fingerprint density at radius 1 is 0.960 bits per heavy atom. The van der Waals surface area contributed by atoms with E-state index in [4.69, 9.17) is 0 Å². The van der Waals surface area contributed by atoms with E-state index in [2.05, 4.69) is 60.4 Å². The summed E-state index contributed by atoms with van der Waals surface area (Å²) in [6.07, 6.45) is 5.09. The van der Waals surface area contributed by atoms with Gasteiger partial charge in [-0.25, -0.2) is 0 Å². The van der Waals surface area contributed by atoms with Crippen LogP contribution in [0.3, 0.4) is 0 Å².